The Labute approximate surface area is 98.2 Å². The van der Waals surface area contributed by atoms with Crippen molar-refractivity contribution in [3.8, 4) is 0 Å². The molecule has 0 bridgehead atoms. The minimum atomic E-state index is -3.20. The van der Waals surface area contributed by atoms with Crippen LogP contribution in [0.5, 0.6) is 0 Å². The van der Waals surface area contributed by atoms with Crippen molar-refractivity contribution in [1.29, 1.82) is 0 Å². The molecule has 0 aromatic rings. The average Bonchev–Trinajstić information content (AvgIpc) is 2.16. The van der Waals surface area contributed by atoms with Gasteiger partial charge in [-0.2, -0.15) is 0 Å². The molecule has 96 valence electrons. The van der Waals surface area contributed by atoms with Gasteiger partial charge >= 0.3 is 0 Å². The zero-order valence-electron chi connectivity index (χ0n) is 10.7. The Morgan fingerprint density at radius 2 is 1.56 bits per heavy atom. The van der Waals surface area contributed by atoms with Gasteiger partial charge in [-0.3, -0.25) is 0 Å². The maximum Gasteiger partial charge on any atom is 0.162 e. The summed E-state index contributed by atoms with van der Waals surface area (Å²) in [5, 5.41) is -0.539. The van der Waals surface area contributed by atoms with Gasteiger partial charge in [0.15, 0.2) is 16.1 Å². The highest BCUT2D eigenvalue weighted by Crippen LogP contribution is 2.25. The molecule has 0 aliphatic carbocycles. The van der Waals surface area contributed by atoms with Crippen LogP contribution < -0.4 is 0 Å². The van der Waals surface area contributed by atoms with E-state index in [9.17, 15) is 8.42 Å². The maximum atomic E-state index is 12.1. The largest absolute Gasteiger partial charge is 0.351 e. The maximum absolute atomic E-state index is 12.1. The number of hydrogen-bond acceptors (Lipinski definition) is 4. The van der Waals surface area contributed by atoms with Crippen molar-refractivity contribution in [1.82, 2.24) is 0 Å². The van der Waals surface area contributed by atoms with E-state index in [-0.39, 0.29) is 25.4 Å². The van der Waals surface area contributed by atoms with Crippen LogP contribution in [0.15, 0.2) is 0 Å². The molecule has 1 rings (SSSR count). The predicted octanol–water partition coefficient (Wildman–Crippen LogP) is 1.60. The van der Waals surface area contributed by atoms with E-state index in [2.05, 4.69) is 0 Å². The molecule has 0 amide bonds. The fraction of sp³-hybridized carbons (Fsp3) is 1.00. The Kier molecular flexibility index (Phi) is 4.03. The van der Waals surface area contributed by atoms with Crippen LogP contribution in [0, 0.1) is 5.92 Å². The van der Waals surface area contributed by atoms with Crippen molar-refractivity contribution in [2.24, 2.45) is 5.92 Å². The molecule has 0 unspecified atom stereocenters. The number of rotatable bonds is 2. The minimum absolute atomic E-state index is 0.239. The molecular weight excluding hydrogens is 228 g/mol. The Balaban J connectivity index is 2.68. The first-order chi connectivity index (χ1) is 7.16. The van der Waals surface area contributed by atoms with Crippen molar-refractivity contribution in [2.75, 3.05) is 13.2 Å². The van der Waals surface area contributed by atoms with Crippen LogP contribution in [0.3, 0.4) is 0 Å². The zero-order valence-corrected chi connectivity index (χ0v) is 11.5. The molecule has 0 aromatic heterocycles. The molecule has 0 N–H and O–H groups in total. The lowest BCUT2D eigenvalue weighted by molar-refractivity contribution is -0.197. The summed E-state index contributed by atoms with van der Waals surface area (Å²) >= 11 is 0. The molecule has 5 heteroatoms. The van der Waals surface area contributed by atoms with Crippen LogP contribution in [0.1, 0.15) is 34.6 Å². The predicted molar refractivity (Wildman–Crippen MR) is 63.0 cm³/mol. The standard InChI is InChI=1S/C11H22O4S/c1-8(2)10-14-6-9(7-15-10)16(12,13)11(3,4)5/h8-10H,6-7H2,1-5H3. The molecule has 1 aliphatic rings. The van der Waals surface area contributed by atoms with Crippen molar-refractivity contribution in [3.05, 3.63) is 0 Å². The van der Waals surface area contributed by atoms with Crippen LogP contribution in [0.25, 0.3) is 0 Å². The van der Waals surface area contributed by atoms with E-state index in [1.54, 1.807) is 20.8 Å². The Morgan fingerprint density at radius 3 is 1.88 bits per heavy atom. The van der Waals surface area contributed by atoms with E-state index >= 15 is 0 Å². The lowest BCUT2D eigenvalue weighted by Gasteiger charge is -2.34. The molecular formula is C11H22O4S. The highest BCUT2D eigenvalue weighted by atomic mass is 32.2. The van der Waals surface area contributed by atoms with E-state index < -0.39 is 19.8 Å². The summed E-state index contributed by atoms with van der Waals surface area (Å²) in [6.07, 6.45) is -0.272. The summed E-state index contributed by atoms with van der Waals surface area (Å²) in [6, 6.07) is 0. The van der Waals surface area contributed by atoms with E-state index in [4.69, 9.17) is 9.47 Å². The number of sulfone groups is 1. The summed E-state index contributed by atoms with van der Waals surface area (Å²) in [7, 11) is -3.20. The molecule has 1 saturated heterocycles. The van der Waals surface area contributed by atoms with Gasteiger partial charge in [-0.1, -0.05) is 13.8 Å². The number of ether oxygens (including phenoxy) is 2. The third-order valence-electron chi connectivity index (χ3n) is 2.73. The third kappa shape index (κ3) is 2.76. The zero-order chi connectivity index (χ0) is 12.6. The quantitative estimate of drug-likeness (QED) is 0.747. The average molecular weight is 250 g/mol. The molecule has 0 radical (unpaired) electrons. The molecule has 0 atom stereocenters. The van der Waals surface area contributed by atoms with Crippen molar-refractivity contribution in [3.63, 3.8) is 0 Å². The Hall–Kier alpha value is -0.130. The van der Waals surface area contributed by atoms with E-state index in [1.165, 1.54) is 0 Å². The number of hydrogen-bond donors (Lipinski definition) is 0. The van der Waals surface area contributed by atoms with E-state index in [0.717, 1.165) is 0 Å². The van der Waals surface area contributed by atoms with Crippen LogP contribution in [0.2, 0.25) is 0 Å². The van der Waals surface area contributed by atoms with E-state index in [0.29, 0.717) is 0 Å². The van der Waals surface area contributed by atoms with Crippen molar-refractivity contribution < 1.29 is 17.9 Å². The third-order valence-corrected chi connectivity index (χ3v) is 5.59. The Morgan fingerprint density at radius 1 is 1.12 bits per heavy atom. The fourth-order valence-corrected chi connectivity index (χ4v) is 3.08. The summed E-state index contributed by atoms with van der Waals surface area (Å²) < 4.78 is 34.4. The lowest BCUT2D eigenvalue weighted by Crippen LogP contribution is -2.47. The van der Waals surface area contributed by atoms with Gasteiger partial charge in [0.05, 0.1) is 18.0 Å². The second kappa shape index (κ2) is 4.63. The van der Waals surface area contributed by atoms with Gasteiger partial charge in [0.2, 0.25) is 0 Å². The normalized spacial score (nSPS) is 28.4. The molecule has 0 saturated carbocycles. The first-order valence-electron chi connectivity index (χ1n) is 5.63. The van der Waals surface area contributed by atoms with Crippen LogP contribution in [-0.4, -0.2) is 37.9 Å². The smallest absolute Gasteiger partial charge is 0.162 e. The highest BCUT2D eigenvalue weighted by molar-refractivity contribution is 7.93. The van der Waals surface area contributed by atoms with Gasteiger partial charge in [-0.05, 0) is 20.8 Å². The summed E-state index contributed by atoms with van der Waals surface area (Å²) in [4.78, 5) is 0. The van der Waals surface area contributed by atoms with Crippen molar-refractivity contribution in [2.45, 2.75) is 50.9 Å². The molecule has 1 aliphatic heterocycles. The SMILES string of the molecule is CC(C)C1OCC(S(=O)(=O)C(C)(C)C)CO1. The first-order valence-corrected chi connectivity index (χ1v) is 7.17. The highest BCUT2D eigenvalue weighted by Gasteiger charge is 2.40. The monoisotopic (exact) mass is 250 g/mol. The second-order valence-corrected chi connectivity index (χ2v) is 8.54. The summed E-state index contributed by atoms with van der Waals surface area (Å²) in [6.45, 7) is 9.57. The van der Waals surface area contributed by atoms with Gasteiger partial charge in [0.1, 0.15) is 5.25 Å². The van der Waals surface area contributed by atoms with Crippen molar-refractivity contribution >= 4 is 9.84 Å². The second-order valence-electron chi connectivity index (χ2n) is 5.56. The molecule has 4 nitrogen and oxygen atoms in total. The fourth-order valence-electron chi connectivity index (χ4n) is 1.56. The van der Waals surface area contributed by atoms with Crippen LogP contribution in [-0.2, 0) is 19.3 Å². The first kappa shape index (κ1) is 13.9. The van der Waals surface area contributed by atoms with Gasteiger partial charge in [0, 0.05) is 5.92 Å². The molecule has 16 heavy (non-hydrogen) atoms. The van der Waals surface area contributed by atoms with Gasteiger partial charge in [0.25, 0.3) is 0 Å². The Bertz CT molecular complexity index is 318. The lowest BCUT2D eigenvalue weighted by atomic mass is 10.2. The molecule has 1 fully saturated rings. The van der Waals surface area contributed by atoms with Gasteiger partial charge in [-0.15, -0.1) is 0 Å². The van der Waals surface area contributed by atoms with Crippen LogP contribution in [0.4, 0.5) is 0 Å². The molecule has 1 heterocycles. The molecule has 0 aromatic carbocycles. The van der Waals surface area contributed by atoms with Crippen LogP contribution >= 0.6 is 0 Å². The topological polar surface area (TPSA) is 52.6 Å². The summed E-state index contributed by atoms with van der Waals surface area (Å²) in [5.41, 5.74) is 0. The summed E-state index contributed by atoms with van der Waals surface area (Å²) in [5.74, 6) is 0.248. The van der Waals surface area contributed by atoms with Gasteiger partial charge < -0.3 is 9.47 Å². The molecule has 0 spiro atoms. The van der Waals surface area contributed by atoms with Gasteiger partial charge in [-0.25, -0.2) is 8.42 Å². The minimum Gasteiger partial charge on any atom is -0.351 e. The van der Waals surface area contributed by atoms with E-state index in [1.807, 2.05) is 13.8 Å².